The fourth-order valence-electron chi connectivity index (χ4n) is 4.14. The lowest BCUT2D eigenvalue weighted by atomic mass is 10.0. The van der Waals surface area contributed by atoms with Gasteiger partial charge in [0.2, 0.25) is 17.7 Å². The lowest BCUT2D eigenvalue weighted by Gasteiger charge is -2.25. The van der Waals surface area contributed by atoms with Crippen molar-refractivity contribution in [3.05, 3.63) is 42.0 Å². The van der Waals surface area contributed by atoms with Crippen LogP contribution in [-0.2, 0) is 44.8 Å². The molecule has 15 nitrogen and oxygen atoms in total. The summed E-state index contributed by atoms with van der Waals surface area (Å²) in [5.74, 6) is -3.31. The van der Waals surface area contributed by atoms with Gasteiger partial charge in [-0.25, -0.2) is 4.79 Å². The molecule has 15 heteroatoms. The van der Waals surface area contributed by atoms with Crippen molar-refractivity contribution in [2.75, 3.05) is 31.6 Å². The number of esters is 1. The summed E-state index contributed by atoms with van der Waals surface area (Å²) in [5, 5.41) is 10.6. The second-order valence-electron chi connectivity index (χ2n) is 11.3. The number of rotatable bonds is 19. The lowest BCUT2D eigenvalue weighted by molar-refractivity contribution is -0.148. The van der Waals surface area contributed by atoms with Crippen molar-refractivity contribution in [2.24, 2.45) is 17.6 Å². The standard InChI is InChI=1S/C31H44N6O9/c1-19(2)27(36-24(38)13-16-45-17-15-37-25(39)11-12-26(37)40)29(42)35-23(6-5-14-33-31(32)44)28(41)34-22-9-7-21(8-10-22)18-46-30(43)20(3)4/h7-12,19-20,23,27H,5-6,13-18H2,1-4H3,(H,34,41)(H,35,42)(H,36,38)(H3,32,33,44)/t23-,27-/m0/s1. The summed E-state index contributed by atoms with van der Waals surface area (Å²) < 4.78 is 10.6. The molecule has 0 radical (unpaired) electrons. The van der Waals surface area contributed by atoms with Crippen LogP contribution in [0.4, 0.5) is 10.5 Å². The predicted octanol–water partition coefficient (Wildman–Crippen LogP) is 0.730. The van der Waals surface area contributed by atoms with Gasteiger partial charge in [0, 0.05) is 30.8 Å². The molecule has 0 saturated carbocycles. The Labute approximate surface area is 268 Å². The Morgan fingerprint density at radius 1 is 0.891 bits per heavy atom. The van der Waals surface area contributed by atoms with Gasteiger partial charge in [-0.1, -0.05) is 39.8 Å². The van der Waals surface area contributed by atoms with Crippen LogP contribution in [0.3, 0.4) is 0 Å². The van der Waals surface area contributed by atoms with Gasteiger partial charge >= 0.3 is 12.0 Å². The molecule has 0 spiro atoms. The molecule has 1 heterocycles. The van der Waals surface area contributed by atoms with Gasteiger partial charge in [-0.05, 0) is 36.5 Å². The maximum atomic E-state index is 13.3. The van der Waals surface area contributed by atoms with Crippen molar-refractivity contribution in [1.82, 2.24) is 20.9 Å². The van der Waals surface area contributed by atoms with Crippen molar-refractivity contribution >= 4 is 47.2 Å². The van der Waals surface area contributed by atoms with E-state index in [1.54, 1.807) is 52.0 Å². The molecule has 1 aliphatic heterocycles. The molecule has 0 bridgehead atoms. The number of nitrogens with zero attached hydrogens (tertiary/aromatic N) is 1. The highest BCUT2D eigenvalue weighted by atomic mass is 16.5. The maximum Gasteiger partial charge on any atom is 0.312 e. The van der Waals surface area contributed by atoms with Crippen molar-refractivity contribution < 1.29 is 43.0 Å². The number of nitrogens with two attached hydrogens (primary N) is 1. The highest BCUT2D eigenvalue weighted by Crippen LogP contribution is 2.13. The van der Waals surface area contributed by atoms with Gasteiger partial charge in [-0.2, -0.15) is 0 Å². The Kier molecular flexibility index (Phi) is 15.4. The number of nitrogens with one attached hydrogen (secondary N) is 4. The van der Waals surface area contributed by atoms with Crippen molar-refractivity contribution in [1.29, 1.82) is 0 Å². The largest absolute Gasteiger partial charge is 0.461 e. The van der Waals surface area contributed by atoms with Gasteiger partial charge in [-0.15, -0.1) is 0 Å². The zero-order valence-electron chi connectivity index (χ0n) is 26.6. The number of imide groups is 1. The van der Waals surface area contributed by atoms with Gasteiger partial charge < -0.3 is 36.5 Å². The topological polar surface area (TPSA) is 215 Å². The van der Waals surface area contributed by atoms with E-state index in [0.29, 0.717) is 12.1 Å². The Bertz CT molecular complexity index is 1260. The fraction of sp³-hybridized carbons (Fsp3) is 0.516. The van der Waals surface area contributed by atoms with E-state index in [1.807, 2.05) is 0 Å². The molecule has 2 rings (SSSR count). The monoisotopic (exact) mass is 644 g/mol. The number of carbonyl (C=O) groups is 7. The van der Waals surface area contributed by atoms with E-state index in [0.717, 1.165) is 10.5 Å². The van der Waals surface area contributed by atoms with E-state index >= 15 is 0 Å². The van der Waals surface area contributed by atoms with Gasteiger partial charge in [0.1, 0.15) is 18.7 Å². The summed E-state index contributed by atoms with van der Waals surface area (Å²) in [6, 6.07) is 3.98. The van der Waals surface area contributed by atoms with Crippen molar-refractivity contribution in [2.45, 2.75) is 65.6 Å². The average Bonchev–Trinajstić information content (AvgIpc) is 3.32. The highest BCUT2D eigenvalue weighted by Gasteiger charge is 2.29. The number of amides is 7. The number of hydrogen-bond acceptors (Lipinski definition) is 9. The van der Waals surface area contributed by atoms with E-state index in [-0.39, 0.29) is 63.6 Å². The fourth-order valence-corrected chi connectivity index (χ4v) is 4.14. The third-order valence-corrected chi connectivity index (χ3v) is 6.77. The molecule has 46 heavy (non-hydrogen) atoms. The minimum atomic E-state index is -1.01. The molecule has 1 aromatic rings. The van der Waals surface area contributed by atoms with E-state index in [9.17, 15) is 33.6 Å². The highest BCUT2D eigenvalue weighted by molar-refractivity contribution is 6.12. The van der Waals surface area contributed by atoms with Crippen LogP contribution in [0.2, 0.25) is 0 Å². The number of hydrogen-bond donors (Lipinski definition) is 5. The molecule has 2 atom stereocenters. The first-order valence-corrected chi connectivity index (χ1v) is 15.1. The zero-order chi connectivity index (χ0) is 34.2. The quantitative estimate of drug-likeness (QED) is 0.0814. The lowest BCUT2D eigenvalue weighted by Crippen LogP contribution is -2.54. The Balaban J connectivity index is 1.95. The molecule has 1 aliphatic rings. The van der Waals surface area contributed by atoms with Gasteiger partial charge in [0.15, 0.2) is 0 Å². The Morgan fingerprint density at radius 3 is 2.13 bits per heavy atom. The summed E-state index contributed by atoms with van der Waals surface area (Å²) in [4.78, 5) is 86.1. The minimum absolute atomic E-state index is 0.00123. The van der Waals surface area contributed by atoms with E-state index < -0.39 is 47.7 Å². The molecule has 0 aromatic heterocycles. The van der Waals surface area contributed by atoms with Crippen molar-refractivity contribution in [3.8, 4) is 0 Å². The predicted molar refractivity (Wildman–Crippen MR) is 167 cm³/mol. The second kappa shape index (κ2) is 18.9. The van der Waals surface area contributed by atoms with Crippen LogP contribution in [0.25, 0.3) is 0 Å². The first-order valence-electron chi connectivity index (χ1n) is 15.1. The smallest absolute Gasteiger partial charge is 0.312 e. The third-order valence-electron chi connectivity index (χ3n) is 6.77. The molecular formula is C31H44N6O9. The van der Waals surface area contributed by atoms with Crippen LogP contribution in [-0.4, -0.2) is 84.8 Å². The van der Waals surface area contributed by atoms with Gasteiger partial charge in [-0.3, -0.25) is 33.7 Å². The van der Waals surface area contributed by atoms with Crippen LogP contribution in [0.15, 0.2) is 36.4 Å². The SMILES string of the molecule is CC(C)C(=O)OCc1ccc(NC(=O)[C@H](CCCNC(N)=O)NC(=O)[C@@H](NC(=O)CCOCCN2C(=O)C=CC2=O)C(C)C)cc1. The molecule has 1 aromatic carbocycles. The number of anilines is 1. The molecule has 0 fully saturated rings. The third kappa shape index (κ3) is 13.1. The number of benzene rings is 1. The number of ether oxygens (including phenoxy) is 2. The zero-order valence-corrected chi connectivity index (χ0v) is 26.6. The molecule has 0 unspecified atom stereocenters. The summed E-state index contributed by atoms with van der Waals surface area (Å²) in [5.41, 5.74) is 6.29. The average molecular weight is 645 g/mol. The first-order chi connectivity index (χ1) is 21.8. The van der Waals surface area contributed by atoms with E-state index in [4.69, 9.17) is 15.2 Å². The molecular weight excluding hydrogens is 600 g/mol. The number of urea groups is 1. The molecule has 6 N–H and O–H groups in total. The first kappa shape index (κ1) is 37.4. The van der Waals surface area contributed by atoms with Crippen molar-refractivity contribution in [3.63, 3.8) is 0 Å². The Hall–Kier alpha value is -4.79. The van der Waals surface area contributed by atoms with Crippen LogP contribution in [0.5, 0.6) is 0 Å². The molecule has 7 amide bonds. The number of primary amides is 1. The molecule has 0 saturated heterocycles. The number of carbonyl (C=O) groups excluding carboxylic acids is 7. The minimum Gasteiger partial charge on any atom is -0.461 e. The van der Waals surface area contributed by atoms with Gasteiger partial charge in [0.25, 0.3) is 11.8 Å². The summed E-state index contributed by atoms with van der Waals surface area (Å²) in [6.07, 6.45) is 2.75. The second-order valence-corrected chi connectivity index (χ2v) is 11.3. The Morgan fingerprint density at radius 2 is 1.54 bits per heavy atom. The van der Waals surface area contributed by atoms with Gasteiger partial charge in [0.05, 0.1) is 25.7 Å². The van der Waals surface area contributed by atoms with E-state index in [2.05, 4.69) is 21.3 Å². The normalized spacial score (nSPS) is 13.8. The molecule has 252 valence electrons. The molecule has 0 aliphatic carbocycles. The summed E-state index contributed by atoms with van der Waals surface area (Å²) in [6.45, 7) is 7.33. The van der Waals surface area contributed by atoms with E-state index in [1.165, 1.54) is 12.2 Å². The van der Waals surface area contributed by atoms with Crippen LogP contribution in [0.1, 0.15) is 52.5 Å². The summed E-state index contributed by atoms with van der Waals surface area (Å²) >= 11 is 0. The maximum absolute atomic E-state index is 13.3. The van der Waals surface area contributed by atoms with Crippen LogP contribution >= 0.6 is 0 Å². The van der Waals surface area contributed by atoms with Crippen LogP contribution in [0, 0.1) is 11.8 Å². The summed E-state index contributed by atoms with van der Waals surface area (Å²) in [7, 11) is 0. The van der Waals surface area contributed by atoms with Crippen LogP contribution < -0.4 is 27.0 Å².